The van der Waals surface area contributed by atoms with Crippen molar-refractivity contribution in [1.82, 2.24) is 0 Å². The topological polar surface area (TPSA) is 0 Å². The van der Waals surface area contributed by atoms with Gasteiger partial charge >= 0.3 is 0 Å². The molecule has 0 aliphatic heterocycles. The standard InChI is InChI=1S/C13H12F/c14-10-4-3-6-12-9-8-11-5-1-2-7-13(11)12/h2-5,7-9,12H,6,10H2. The van der Waals surface area contributed by atoms with E-state index in [0.717, 1.165) is 6.42 Å². The monoisotopic (exact) mass is 187 g/mol. The zero-order valence-electron chi connectivity index (χ0n) is 7.91. The Labute approximate surface area is 83.8 Å². The van der Waals surface area contributed by atoms with Crippen LogP contribution in [0.4, 0.5) is 4.39 Å². The quantitative estimate of drug-likeness (QED) is 0.635. The van der Waals surface area contributed by atoms with E-state index in [1.54, 1.807) is 6.08 Å². The summed E-state index contributed by atoms with van der Waals surface area (Å²) in [6.45, 7) is -0.369. The van der Waals surface area contributed by atoms with Gasteiger partial charge in [-0.2, -0.15) is 0 Å². The molecule has 0 heterocycles. The van der Waals surface area contributed by atoms with Crippen molar-refractivity contribution in [2.75, 3.05) is 6.67 Å². The third kappa shape index (κ3) is 1.77. The molecule has 1 aliphatic rings. The van der Waals surface area contributed by atoms with Crippen molar-refractivity contribution >= 4 is 6.08 Å². The lowest BCUT2D eigenvalue weighted by Crippen LogP contribution is -1.90. The Bertz CT molecular complexity index is 363. The maximum Gasteiger partial charge on any atom is 0.108 e. The molecule has 0 amide bonds. The van der Waals surface area contributed by atoms with Crippen molar-refractivity contribution in [3.63, 3.8) is 0 Å². The van der Waals surface area contributed by atoms with Gasteiger partial charge in [-0.3, -0.25) is 0 Å². The smallest absolute Gasteiger partial charge is 0.108 e. The van der Waals surface area contributed by atoms with Gasteiger partial charge in [0, 0.05) is 5.92 Å². The van der Waals surface area contributed by atoms with Gasteiger partial charge in [0.05, 0.1) is 0 Å². The maximum absolute atomic E-state index is 11.9. The summed E-state index contributed by atoms with van der Waals surface area (Å²) in [5.41, 5.74) is 2.57. The van der Waals surface area contributed by atoms with Crippen molar-refractivity contribution in [2.45, 2.75) is 12.3 Å². The zero-order chi connectivity index (χ0) is 9.80. The molecule has 2 rings (SSSR count). The molecule has 0 fully saturated rings. The largest absolute Gasteiger partial charge is 0.247 e. The molecule has 71 valence electrons. The van der Waals surface area contributed by atoms with Crippen LogP contribution in [0.15, 0.2) is 36.4 Å². The van der Waals surface area contributed by atoms with Crippen LogP contribution < -0.4 is 0 Å². The highest BCUT2D eigenvalue weighted by Crippen LogP contribution is 2.32. The van der Waals surface area contributed by atoms with E-state index in [9.17, 15) is 4.39 Å². The molecule has 0 spiro atoms. The summed E-state index contributed by atoms with van der Waals surface area (Å²) in [5.74, 6) is 0.419. The second-order valence-corrected chi connectivity index (χ2v) is 3.38. The van der Waals surface area contributed by atoms with E-state index in [-0.39, 0.29) is 6.67 Å². The molecule has 1 atom stereocenters. The van der Waals surface area contributed by atoms with Gasteiger partial charge in [-0.1, -0.05) is 36.4 Å². The number of fused-ring (bicyclic) bond motifs is 1. The van der Waals surface area contributed by atoms with Gasteiger partial charge in [0.15, 0.2) is 0 Å². The molecule has 1 radical (unpaired) electrons. The molecular formula is C13H12F. The normalized spacial score (nSPS) is 19.1. The summed E-state index contributed by atoms with van der Waals surface area (Å²) in [6.07, 6.45) is 8.64. The van der Waals surface area contributed by atoms with Crippen molar-refractivity contribution in [3.8, 4) is 0 Å². The highest BCUT2D eigenvalue weighted by atomic mass is 19.1. The maximum atomic E-state index is 11.9. The fourth-order valence-electron chi connectivity index (χ4n) is 1.77. The van der Waals surface area contributed by atoms with Crippen LogP contribution in [0, 0.1) is 6.07 Å². The molecule has 0 bridgehead atoms. The van der Waals surface area contributed by atoms with Crippen molar-refractivity contribution in [3.05, 3.63) is 53.6 Å². The Hall–Kier alpha value is -1.37. The van der Waals surface area contributed by atoms with E-state index < -0.39 is 0 Å². The molecular weight excluding hydrogens is 175 g/mol. The average molecular weight is 187 g/mol. The van der Waals surface area contributed by atoms with Crippen LogP contribution in [-0.4, -0.2) is 6.67 Å². The summed E-state index contributed by atoms with van der Waals surface area (Å²) in [5, 5.41) is 0. The van der Waals surface area contributed by atoms with Gasteiger partial charge in [0.1, 0.15) is 6.67 Å². The molecule has 1 heteroatoms. The molecule has 14 heavy (non-hydrogen) atoms. The lowest BCUT2D eigenvalue weighted by molar-refractivity contribution is 0.560. The molecule has 1 unspecified atom stereocenters. The second-order valence-electron chi connectivity index (χ2n) is 3.38. The summed E-state index contributed by atoms with van der Waals surface area (Å²) in [6, 6.07) is 9.06. The van der Waals surface area contributed by atoms with Gasteiger partial charge in [0.2, 0.25) is 0 Å². The molecule has 0 nitrogen and oxygen atoms in total. The summed E-state index contributed by atoms with van der Waals surface area (Å²) >= 11 is 0. The SMILES string of the molecule is FCC=CCC1C=Cc2c[c]ccc21. The highest BCUT2D eigenvalue weighted by molar-refractivity contribution is 5.62. The van der Waals surface area contributed by atoms with Gasteiger partial charge in [-0.25, -0.2) is 4.39 Å². The Morgan fingerprint density at radius 3 is 3.21 bits per heavy atom. The fraction of sp³-hybridized carbons (Fsp3) is 0.231. The van der Waals surface area contributed by atoms with E-state index in [0.29, 0.717) is 5.92 Å². The molecule has 1 aliphatic carbocycles. The fourth-order valence-corrected chi connectivity index (χ4v) is 1.77. The molecule has 1 aromatic carbocycles. The molecule has 0 aromatic heterocycles. The van der Waals surface area contributed by atoms with Crippen LogP contribution in [0.3, 0.4) is 0 Å². The van der Waals surface area contributed by atoms with Crippen LogP contribution in [0.5, 0.6) is 0 Å². The number of hydrogen-bond donors (Lipinski definition) is 0. The van der Waals surface area contributed by atoms with Crippen LogP contribution in [-0.2, 0) is 0 Å². The first-order valence-corrected chi connectivity index (χ1v) is 4.81. The van der Waals surface area contributed by atoms with E-state index in [4.69, 9.17) is 0 Å². The van der Waals surface area contributed by atoms with Crippen LogP contribution >= 0.6 is 0 Å². The molecule has 0 N–H and O–H groups in total. The van der Waals surface area contributed by atoms with E-state index >= 15 is 0 Å². The average Bonchev–Trinajstić information content (AvgIpc) is 2.63. The summed E-state index contributed by atoms with van der Waals surface area (Å²) in [7, 11) is 0. The first-order chi connectivity index (χ1) is 6.92. The van der Waals surface area contributed by atoms with E-state index in [2.05, 4.69) is 24.3 Å². The molecule has 0 saturated heterocycles. The number of alkyl halides is 1. The number of hydrogen-bond acceptors (Lipinski definition) is 0. The molecule has 1 aromatic rings. The van der Waals surface area contributed by atoms with Crippen LogP contribution in [0.25, 0.3) is 6.08 Å². The lowest BCUT2D eigenvalue weighted by Gasteiger charge is -2.06. The Morgan fingerprint density at radius 1 is 1.43 bits per heavy atom. The number of rotatable bonds is 3. The van der Waals surface area contributed by atoms with Gasteiger partial charge < -0.3 is 0 Å². The van der Waals surface area contributed by atoms with Gasteiger partial charge in [0.25, 0.3) is 0 Å². The zero-order valence-corrected chi connectivity index (χ0v) is 7.91. The predicted molar refractivity (Wildman–Crippen MR) is 56.8 cm³/mol. The predicted octanol–water partition coefficient (Wildman–Crippen LogP) is 3.51. The van der Waals surface area contributed by atoms with Gasteiger partial charge in [-0.05, 0) is 29.7 Å². The Morgan fingerprint density at radius 2 is 2.36 bits per heavy atom. The van der Waals surface area contributed by atoms with E-state index in [1.807, 2.05) is 18.2 Å². The second kappa shape index (κ2) is 4.23. The highest BCUT2D eigenvalue weighted by Gasteiger charge is 2.14. The number of allylic oxidation sites excluding steroid dienone is 3. The third-order valence-electron chi connectivity index (χ3n) is 2.48. The van der Waals surface area contributed by atoms with Crippen molar-refractivity contribution < 1.29 is 4.39 Å². The van der Waals surface area contributed by atoms with Gasteiger partial charge in [-0.15, -0.1) is 0 Å². The Kier molecular flexibility index (Phi) is 2.78. The molecule has 0 saturated carbocycles. The number of halogens is 1. The first kappa shape index (κ1) is 9.20. The minimum absolute atomic E-state index is 0.369. The van der Waals surface area contributed by atoms with Crippen molar-refractivity contribution in [1.29, 1.82) is 0 Å². The first-order valence-electron chi connectivity index (χ1n) is 4.81. The van der Waals surface area contributed by atoms with Crippen LogP contribution in [0.2, 0.25) is 0 Å². The minimum Gasteiger partial charge on any atom is -0.247 e. The van der Waals surface area contributed by atoms with E-state index in [1.165, 1.54) is 11.1 Å². The van der Waals surface area contributed by atoms with Crippen molar-refractivity contribution in [2.24, 2.45) is 0 Å². The summed E-state index contributed by atoms with van der Waals surface area (Å²) < 4.78 is 11.9. The minimum atomic E-state index is -0.369. The third-order valence-corrected chi connectivity index (χ3v) is 2.48. The Balaban J connectivity index is 2.11. The number of benzene rings is 1. The summed E-state index contributed by atoms with van der Waals surface area (Å²) in [4.78, 5) is 0. The van der Waals surface area contributed by atoms with Crippen LogP contribution in [0.1, 0.15) is 23.5 Å². The lowest BCUT2D eigenvalue weighted by atomic mass is 9.97.